The van der Waals surface area contributed by atoms with Crippen molar-refractivity contribution in [2.75, 3.05) is 13.2 Å². The van der Waals surface area contributed by atoms with E-state index in [4.69, 9.17) is 9.84 Å². The van der Waals surface area contributed by atoms with Gasteiger partial charge in [0.25, 0.3) is 0 Å². The fraction of sp³-hybridized carbons (Fsp3) is 1.00. The highest BCUT2D eigenvalue weighted by Gasteiger charge is 2.41. The summed E-state index contributed by atoms with van der Waals surface area (Å²) in [6.45, 7) is 1.51. The predicted octanol–water partition coefficient (Wildman–Crippen LogP) is -1.28. The molecule has 2 aliphatic heterocycles. The summed E-state index contributed by atoms with van der Waals surface area (Å²) in [6, 6.07) is 0.222. The van der Waals surface area contributed by atoms with Crippen LogP contribution in [-0.2, 0) is 4.74 Å². The lowest BCUT2D eigenvalue weighted by atomic mass is 10.2. The van der Waals surface area contributed by atoms with Crippen molar-refractivity contribution in [1.29, 1.82) is 0 Å². The first-order valence-corrected chi connectivity index (χ1v) is 2.91. The van der Waals surface area contributed by atoms with Crippen LogP contribution in [0.1, 0.15) is 0 Å². The van der Waals surface area contributed by atoms with Crippen LogP contribution >= 0.6 is 0 Å². The molecular formula is C5H9NO2. The number of morpholine rings is 1. The van der Waals surface area contributed by atoms with Gasteiger partial charge in [-0.05, 0) is 0 Å². The summed E-state index contributed by atoms with van der Waals surface area (Å²) >= 11 is 0. The molecule has 0 amide bonds. The third-order valence-corrected chi connectivity index (χ3v) is 1.86. The van der Waals surface area contributed by atoms with Crippen molar-refractivity contribution in [3.8, 4) is 0 Å². The van der Waals surface area contributed by atoms with Crippen LogP contribution in [0.25, 0.3) is 0 Å². The van der Waals surface area contributed by atoms with Crippen LogP contribution in [0.15, 0.2) is 0 Å². The van der Waals surface area contributed by atoms with Crippen molar-refractivity contribution in [2.24, 2.45) is 0 Å². The van der Waals surface area contributed by atoms with Gasteiger partial charge in [0.1, 0.15) is 0 Å². The Morgan fingerprint density at radius 3 is 2.62 bits per heavy atom. The Hall–Kier alpha value is -0.120. The van der Waals surface area contributed by atoms with E-state index in [0.29, 0.717) is 6.61 Å². The Morgan fingerprint density at radius 1 is 1.62 bits per heavy atom. The lowest BCUT2D eigenvalue weighted by Gasteiger charge is -2.08. The smallest absolute Gasteiger partial charge is 0.0989 e. The Bertz CT molecular complexity index is 86.6. The Kier molecular flexibility index (Phi) is 0.848. The van der Waals surface area contributed by atoms with Gasteiger partial charge in [-0.1, -0.05) is 0 Å². The zero-order valence-electron chi connectivity index (χ0n) is 4.50. The molecule has 0 aromatic carbocycles. The van der Waals surface area contributed by atoms with Gasteiger partial charge >= 0.3 is 0 Å². The normalized spacial score (nSPS) is 52.9. The number of aliphatic hydroxyl groups excluding tert-OH is 1. The molecular weight excluding hydrogens is 106 g/mol. The second-order valence-corrected chi connectivity index (χ2v) is 2.38. The lowest BCUT2D eigenvalue weighted by Crippen LogP contribution is -2.32. The van der Waals surface area contributed by atoms with Gasteiger partial charge in [0.15, 0.2) is 0 Å². The minimum absolute atomic E-state index is 0.0833. The van der Waals surface area contributed by atoms with Gasteiger partial charge in [0.2, 0.25) is 0 Å². The summed E-state index contributed by atoms with van der Waals surface area (Å²) in [6.07, 6.45) is -0.157. The molecule has 2 N–H and O–H groups in total. The molecule has 3 heteroatoms. The molecule has 3 atom stereocenters. The molecule has 2 bridgehead atoms. The van der Waals surface area contributed by atoms with Crippen LogP contribution in [-0.4, -0.2) is 36.5 Å². The number of hydrogen-bond acceptors (Lipinski definition) is 3. The fourth-order valence-corrected chi connectivity index (χ4v) is 1.31. The van der Waals surface area contributed by atoms with Crippen LogP contribution in [0.5, 0.6) is 0 Å². The number of aliphatic hydroxyl groups is 1. The second kappa shape index (κ2) is 1.43. The third-order valence-electron chi connectivity index (χ3n) is 1.86. The highest BCUT2D eigenvalue weighted by molar-refractivity contribution is 4.96. The van der Waals surface area contributed by atoms with Crippen molar-refractivity contribution >= 4 is 0 Å². The number of fused-ring (bicyclic) bond motifs is 2. The van der Waals surface area contributed by atoms with E-state index in [0.717, 1.165) is 6.54 Å². The van der Waals surface area contributed by atoms with Crippen LogP contribution < -0.4 is 5.32 Å². The Labute approximate surface area is 47.6 Å². The molecule has 2 rings (SSSR count). The van der Waals surface area contributed by atoms with Crippen LogP contribution in [0, 0.1) is 0 Å². The second-order valence-electron chi connectivity index (χ2n) is 2.38. The van der Waals surface area contributed by atoms with Gasteiger partial charge in [0, 0.05) is 6.54 Å². The number of ether oxygens (including phenoxy) is 1. The zero-order valence-corrected chi connectivity index (χ0v) is 4.50. The quantitative estimate of drug-likeness (QED) is 0.413. The van der Waals surface area contributed by atoms with Crippen LogP contribution in [0.2, 0.25) is 0 Å². The summed E-state index contributed by atoms with van der Waals surface area (Å²) in [5, 5.41) is 12.3. The molecule has 2 heterocycles. The SMILES string of the molecule is O[C@@H]1[C@@H]2CO[C@H]1CN2. The number of hydrogen-bond donors (Lipinski definition) is 2. The number of nitrogens with one attached hydrogen (secondary N) is 1. The molecule has 0 radical (unpaired) electrons. The van der Waals surface area contributed by atoms with E-state index >= 15 is 0 Å². The van der Waals surface area contributed by atoms with E-state index in [1.165, 1.54) is 0 Å². The molecule has 0 saturated carbocycles. The zero-order chi connectivity index (χ0) is 5.56. The van der Waals surface area contributed by atoms with Crippen molar-refractivity contribution in [3.63, 3.8) is 0 Å². The van der Waals surface area contributed by atoms with Crippen molar-refractivity contribution in [3.05, 3.63) is 0 Å². The van der Waals surface area contributed by atoms with Gasteiger partial charge in [0.05, 0.1) is 24.9 Å². The average Bonchev–Trinajstić information content (AvgIpc) is 2.29. The van der Waals surface area contributed by atoms with E-state index < -0.39 is 0 Å². The maximum absolute atomic E-state index is 9.14. The van der Waals surface area contributed by atoms with Crippen molar-refractivity contribution in [2.45, 2.75) is 18.2 Å². The molecule has 0 unspecified atom stereocenters. The topological polar surface area (TPSA) is 41.5 Å². The standard InChI is InChI=1S/C5H9NO2/c7-5-3-2-8-4(5)1-6-3/h3-7H,1-2H2/t3-,4-,5+/m0/s1. The molecule has 8 heavy (non-hydrogen) atoms. The first-order chi connectivity index (χ1) is 3.88. The van der Waals surface area contributed by atoms with Gasteiger partial charge in [-0.2, -0.15) is 0 Å². The largest absolute Gasteiger partial charge is 0.389 e. The highest BCUT2D eigenvalue weighted by atomic mass is 16.5. The van der Waals surface area contributed by atoms with Crippen molar-refractivity contribution < 1.29 is 9.84 Å². The maximum atomic E-state index is 9.14. The summed E-state index contributed by atoms with van der Waals surface area (Å²) < 4.78 is 5.15. The minimum atomic E-state index is -0.241. The Balaban J connectivity index is 2.16. The summed E-state index contributed by atoms with van der Waals surface area (Å²) in [5.41, 5.74) is 0. The van der Waals surface area contributed by atoms with E-state index in [-0.39, 0.29) is 18.2 Å². The average molecular weight is 115 g/mol. The van der Waals surface area contributed by atoms with E-state index in [2.05, 4.69) is 5.32 Å². The lowest BCUT2D eigenvalue weighted by molar-refractivity contribution is 0.0519. The molecule has 2 aliphatic rings. The maximum Gasteiger partial charge on any atom is 0.0989 e. The van der Waals surface area contributed by atoms with Gasteiger partial charge in [-0.15, -0.1) is 0 Å². The monoisotopic (exact) mass is 115 g/mol. The molecule has 2 saturated heterocycles. The van der Waals surface area contributed by atoms with Gasteiger partial charge in [-0.3, -0.25) is 0 Å². The summed E-state index contributed by atoms with van der Waals surface area (Å²) in [5.74, 6) is 0. The van der Waals surface area contributed by atoms with E-state index in [9.17, 15) is 0 Å². The number of rotatable bonds is 0. The van der Waals surface area contributed by atoms with Crippen LogP contribution in [0.4, 0.5) is 0 Å². The van der Waals surface area contributed by atoms with Gasteiger partial charge in [-0.25, -0.2) is 0 Å². The molecule has 0 aromatic heterocycles. The molecule has 46 valence electrons. The van der Waals surface area contributed by atoms with Gasteiger partial charge < -0.3 is 15.2 Å². The Morgan fingerprint density at radius 2 is 2.50 bits per heavy atom. The minimum Gasteiger partial charge on any atom is -0.389 e. The third kappa shape index (κ3) is 0.438. The first-order valence-electron chi connectivity index (χ1n) is 2.91. The molecule has 2 fully saturated rings. The van der Waals surface area contributed by atoms with Crippen LogP contribution in [0.3, 0.4) is 0 Å². The summed E-state index contributed by atoms with van der Waals surface area (Å²) in [7, 11) is 0. The summed E-state index contributed by atoms with van der Waals surface area (Å²) in [4.78, 5) is 0. The molecule has 0 aliphatic carbocycles. The molecule has 0 spiro atoms. The van der Waals surface area contributed by atoms with E-state index in [1.54, 1.807) is 0 Å². The molecule has 0 aromatic rings. The molecule has 3 nitrogen and oxygen atoms in total. The first kappa shape index (κ1) is 4.73. The van der Waals surface area contributed by atoms with Crippen molar-refractivity contribution in [1.82, 2.24) is 5.32 Å². The fourth-order valence-electron chi connectivity index (χ4n) is 1.31. The van der Waals surface area contributed by atoms with E-state index in [1.807, 2.05) is 0 Å². The highest BCUT2D eigenvalue weighted by Crippen LogP contribution is 2.19. The predicted molar refractivity (Wildman–Crippen MR) is 27.5 cm³/mol.